The van der Waals surface area contributed by atoms with Gasteiger partial charge in [-0.25, -0.2) is 0 Å². The van der Waals surface area contributed by atoms with Gasteiger partial charge in [0.25, 0.3) is 6.01 Å². The van der Waals surface area contributed by atoms with Crippen molar-refractivity contribution in [1.29, 1.82) is 0 Å². The number of nitrogen functional groups attached to an aromatic ring is 1. The summed E-state index contributed by atoms with van der Waals surface area (Å²) in [6, 6.07) is 0.849. The minimum atomic E-state index is 0.0110. The van der Waals surface area contributed by atoms with Gasteiger partial charge in [0.15, 0.2) is 17.0 Å². The second-order valence-electron chi connectivity index (χ2n) is 9.36. The Morgan fingerprint density at radius 2 is 1.93 bits per heavy atom. The fourth-order valence-corrected chi connectivity index (χ4v) is 4.43. The van der Waals surface area contributed by atoms with Crippen molar-refractivity contribution in [3.05, 3.63) is 0 Å². The normalized spacial score (nSPS) is 21.1. The molecule has 2 N–H and O–H groups in total. The molecule has 0 aromatic carbocycles. The van der Waals surface area contributed by atoms with E-state index in [1.165, 1.54) is 19.3 Å². The summed E-state index contributed by atoms with van der Waals surface area (Å²) in [5.41, 5.74) is 7.42. The van der Waals surface area contributed by atoms with E-state index in [9.17, 15) is 0 Å². The Bertz CT molecular complexity index is 862. The van der Waals surface area contributed by atoms with Crippen LogP contribution in [0.5, 0.6) is 12.0 Å². The summed E-state index contributed by atoms with van der Waals surface area (Å²) < 4.78 is 19.1. The average Bonchev–Trinajstić information content (AvgIpc) is 3.45. The molecule has 2 aromatic rings. The molecule has 2 aromatic heterocycles. The van der Waals surface area contributed by atoms with E-state index in [1.807, 2.05) is 4.57 Å². The van der Waals surface area contributed by atoms with E-state index in [0.29, 0.717) is 35.6 Å². The molecule has 1 aliphatic heterocycles. The largest absolute Gasteiger partial charge is 0.468 e. The van der Waals surface area contributed by atoms with Crippen LogP contribution in [0.15, 0.2) is 0 Å². The number of aromatic nitrogens is 4. The minimum absolute atomic E-state index is 0.0110. The Balaban J connectivity index is 1.39. The number of hydrogen-bond donors (Lipinski definition) is 1. The predicted molar refractivity (Wildman–Crippen MR) is 116 cm³/mol. The lowest BCUT2D eigenvalue weighted by Crippen LogP contribution is -2.33. The van der Waals surface area contributed by atoms with Gasteiger partial charge in [0, 0.05) is 13.2 Å². The zero-order valence-corrected chi connectivity index (χ0v) is 18.5. The third kappa shape index (κ3) is 5.14. The number of anilines is 1. The number of unbranched alkanes of at least 4 members (excludes halogenated alkanes) is 1. The molecular formula is C22H35N5O3. The topological polar surface area (TPSA) is 97.3 Å². The fourth-order valence-electron chi connectivity index (χ4n) is 4.43. The van der Waals surface area contributed by atoms with Crippen molar-refractivity contribution in [3.63, 3.8) is 0 Å². The molecule has 1 saturated carbocycles. The van der Waals surface area contributed by atoms with E-state index in [2.05, 4.69) is 28.8 Å². The third-order valence-corrected chi connectivity index (χ3v) is 6.25. The Kier molecular flexibility index (Phi) is 6.32. The summed E-state index contributed by atoms with van der Waals surface area (Å²) in [7, 11) is 1.62. The van der Waals surface area contributed by atoms with Crippen LogP contribution in [0.2, 0.25) is 0 Å². The van der Waals surface area contributed by atoms with E-state index < -0.39 is 0 Å². The van der Waals surface area contributed by atoms with Gasteiger partial charge < -0.3 is 19.9 Å². The standard InChI is InChI=1S/C22H35N5O3/c1-22(2)14-16(10-13-30-22)6-4-5-11-27-19-17(24-21(27)28-3)18(23)25-20(26-19)29-12-9-15-7-8-15/h15-16H,4-14H2,1-3H3,(H2,23,25,26). The maximum atomic E-state index is 6.14. The second-order valence-corrected chi connectivity index (χ2v) is 9.36. The first kappa shape index (κ1) is 21.2. The van der Waals surface area contributed by atoms with Crippen LogP contribution < -0.4 is 15.2 Å². The summed E-state index contributed by atoms with van der Waals surface area (Å²) in [5.74, 6) is 1.88. The molecule has 2 aliphatic rings. The molecule has 4 rings (SSSR count). The molecule has 1 atom stereocenters. The molecule has 8 nitrogen and oxygen atoms in total. The van der Waals surface area contributed by atoms with Crippen LogP contribution in [0.1, 0.15) is 65.2 Å². The third-order valence-electron chi connectivity index (χ3n) is 6.25. The van der Waals surface area contributed by atoms with Crippen LogP contribution >= 0.6 is 0 Å². The number of fused-ring (bicyclic) bond motifs is 1. The van der Waals surface area contributed by atoms with E-state index in [1.54, 1.807) is 7.11 Å². The zero-order valence-electron chi connectivity index (χ0n) is 18.5. The molecule has 3 heterocycles. The van der Waals surface area contributed by atoms with Gasteiger partial charge in [-0.15, -0.1) is 0 Å². The first-order valence-electron chi connectivity index (χ1n) is 11.3. The Hall–Kier alpha value is -2.09. The van der Waals surface area contributed by atoms with Crippen LogP contribution in [0, 0.1) is 11.8 Å². The molecule has 0 spiro atoms. The molecule has 30 heavy (non-hydrogen) atoms. The molecule has 0 bridgehead atoms. The maximum Gasteiger partial charge on any atom is 0.320 e. The van der Waals surface area contributed by atoms with Gasteiger partial charge >= 0.3 is 6.01 Å². The second kappa shape index (κ2) is 8.96. The van der Waals surface area contributed by atoms with E-state index in [4.69, 9.17) is 19.9 Å². The molecule has 8 heteroatoms. The Morgan fingerprint density at radius 3 is 2.67 bits per heavy atom. The van der Waals surface area contributed by atoms with Gasteiger partial charge in [-0.1, -0.05) is 25.7 Å². The highest BCUT2D eigenvalue weighted by molar-refractivity contribution is 5.83. The molecule has 0 radical (unpaired) electrons. The molecule has 1 unspecified atom stereocenters. The van der Waals surface area contributed by atoms with Gasteiger partial charge in [-0.3, -0.25) is 4.57 Å². The zero-order chi connectivity index (χ0) is 21.1. The lowest BCUT2D eigenvalue weighted by Gasteiger charge is -2.35. The number of imidazole rings is 1. The first-order chi connectivity index (χ1) is 14.4. The van der Waals surface area contributed by atoms with Gasteiger partial charge in [0.2, 0.25) is 0 Å². The van der Waals surface area contributed by atoms with Crippen LogP contribution in [0.25, 0.3) is 11.2 Å². The summed E-state index contributed by atoms with van der Waals surface area (Å²) in [5, 5.41) is 0. The number of ether oxygens (including phenoxy) is 3. The highest BCUT2D eigenvalue weighted by atomic mass is 16.5. The van der Waals surface area contributed by atoms with Crippen molar-refractivity contribution in [2.45, 2.75) is 77.4 Å². The van der Waals surface area contributed by atoms with Crippen LogP contribution in [0.3, 0.4) is 0 Å². The quantitative estimate of drug-likeness (QED) is 0.584. The Labute approximate surface area is 178 Å². The van der Waals surface area contributed by atoms with Gasteiger partial charge in [0.1, 0.15) is 0 Å². The van der Waals surface area contributed by atoms with Gasteiger partial charge in [-0.05, 0) is 51.4 Å². The van der Waals surface area contributed by atoms with Crippen molar-refractivity contribution in [3.8, 4) is 12.0 Å². The SMILES string of the molecule is COc1nc2c(N)nc(OCCC3CC3)nc2n1CCCCC1CCOC(C)(C)C1. The number of nitrogens with two attached hydrogens (primary N) is 1. The summed E-state index contributed by atoms with van der Waals surface area (Å²) in [6.07, 6.45) is 9.35. The molecule has 1 aliphatic carbocycles. The molecule has 2 fully saturated rings. The summed E-state index contributed by atoms with van der Waals surface area (Å²) in [4.78, 5) is 13.4. The molecule has 166 valence electrons. The van der Waals surface area contributed by atoms with Crippen molar-refractivity contribution in [1.82, 2.24) is 19.5 Å². The van der Waals surface area contributed by atoms with E-state index in [0.717, 1.165) is 57.1 Å². The van der Waals surface area contributed by atoms with Crippen LogP contribution in [-0.2, 0) is 11.3 Å². The van der Waals surface area contributed by atoms with Gasteiger partial charge in [0.05, 0.1) is 19.3 Å². The smallest absolute Gasteiger partial charge is 0.320 e. The lowest BCUT2D eigenvalue weighted by molar-refractivity contribution is -0.0738. The van der Waals surface area contributed by atoms with Crippen LogP contribution in [-0.4, -0.2) is 45.4 Å². The number of rotatable bonds is 10. The average molecular weight is 418 g/mol. The number of nitrogens with zero attached hydrogens (tertiary/aromatic N) is 4. The number of hydrogen-bond acceptors (Lipinski definition) is 7. The lowest BCUT2D eigenvalue weighted by atomic mass is 9.85. The summed E-state index contributed by atoms with van der Waals surface area (Å²) in [6.45, 7) is 6.66. The highest BCUT2D eigenvalue weighted by Crippen LogP contribution is 2.33. The van der Waals surface area contributed by atoms with Gasteiger partial charge in [-0.2, -0.15) is 15.0 Å². The van der Waals surface area contributed by atoms with E-state index >= 15 is 0 Å². The fraction of sp³-hybridized carbons (Fsp3) is 0.773. The van der Waals surface area contributed by atoms with Crippen molar-refractivity contribution < 1.29 is 14.2 Å². The number of methoxy groups -OCH3 is 1. The molecule has 1 saturated heterocycles. The first-order valence-corrected chi connectivity index (χ1v) is 11.3. The predicted octanol–water partition coefficient (Wildman–Crippen LogP) is 3.97. The molecule has 0 amide bonds. The monoisotopic (exact) mass is 417 g/mol. The Morgan fingerprint density at radius 1 is 1.10 bits per heavy atom. The molecular weight excluding hydrogens is 382 g/mol. The maximum absolute atomic E-state index is 6.14. The summed E-state index contributed by atoms with van der Waals surface area (Å²) >= 11 is 0. The highest BCUT2D eigenvalue weighted by Gasteiger charge is 2.28. The van der Waals surface area contributed by atoms with Crippen LogP contribution in [0.4, 0.5) is 5.82 Å². The van der Waals surface area contributed by atoms with Crippen molar-refractivity contribution in [2.24, 2.45) is 11.8 Å². The minimum Gasteiger partial charge on any atom is -0.468 e. The number of aryl methyl sites for hydroxylation is 1. The van der Waals surface area contributed by atoms with Crippen molar-refractivity contribution in [2.75, 3.05) is 26.1 Å². The van der Waals surface area contributed by atoms with E-state index in [-0.39, 0.29) is 5.60 Å². The van der Waals surface area contributed by atoms with Crippen molar-refractivity contribution >= 4 is 17.0 Å².